The summed E-state index contributed by atoms with van der Waals surface area (Å²) < 4.78 is 0. The molecule has 0 aliphatic carbocycles. The van der Waals surface area contributed by atoms with Gasteiger partial charge in [-0.2, -0.15) is 0 Å². The fraction of sp³-hybridized carbons (Fsp3) is 0.833. The molecule has 0 aromatic carbocycles. The predicted octanol–water partition coefficient (Wildman–Crippen LogP) is 0.552. The molecule has 17 heavy (non-hydrogen) atoms. The predicted molar refractivity (Wildman–Crippen MR) is 64.6 cm³/mol. The van der Waals surface area contributed by atoms with Crippen LogP contribution >= 0.6 is 0 Å². The Hall–Kier alpha value is -1.10. The van der Waals surface area contributed by atoms with Crippen LogP contribution in [-0.4, -0.2) is 47.1 Å². The summed E-state index contributed by atoms with van der Waals surface area (Å²) in [6, 6.07) is -0.0328. The topological polar surface area (TPSA) is 69.6 Å². The Balaban J connectivity index is 2.37. The zero-order chi connectivity index (χ0) is 13.2. The second kappa shape index (κ2) is 5.49. The molecule has 5 heteroatoms. The Morgan fingerprint density at radius 2 is 1.76 bits per heavy atom. The molecule has 2 unspecified atom stereocenters. The Morgan fingerprint density at radius 1 is 1.24 bits per heavy atom. The van der Waals surface area contributed by atoms with Crippen molar-refractivity contribution >= 4 is 11.9 Å². The van der Waals surface area contributed by atoms with Crippen LogP contribution in [-0.2, 0) is 9.59 Å². The summed E-state index contributed by atoms with van der Waals surface area (Å²) in [6.45, 7) is 8.83. The van der Waals surface area contributed by atoms with Crippen LogP contribution in [0.2, 0.25) is 0 Å². The molecule has 5 nitrogen and oxygen atoms in total. The first kappa shape index (κ1) is 14.0. The van der Waals surface area contributed by atoms with Gasteiger partial charge in [0.2, 0.25) is 5.91 Å². The van der Waals surface area contributed by atoms with Crippen LogP contribution < -0.4 is 5.32 Å². The van der Waals surface area contributed by atoms with Crippen molar-refractivity contribution in [1.82, 2.24) is 10.2 Å². The van der Waals surface area contributed by atoms with E-state index >= 15 is 0 Å². The molecule has 1 heterocycles. The number of carboxylic acids is 1. The first-order valence-electron chi connectivity index (χ1n) is 6.10. The number of amides is 1. The highest BCUT2D eigenvalue weighted by Crippen LogP contribution is 2.25. The molecule has 2 N–H and O–H groups in total. The van der Waals surface area contributed by atoms with E-state index in [1.807, 2.05) is 25.7 Å². The molecule has 0 aromatic heterocycles. The van der Waals surface area contributed by atoms with E-state index in [2.05, 4.69) is 5.32 Å². The third-order valence-electron chi connectivity index (χ3n) is 3.39. The summed E-state index contributed by atoms with van der Waals surface area (Å²) in [5.74, 6) is -0.899. The molecule has 1 aliphatic rings. The third-order valence-corrected chi connectivity index (χ3v) is 3.39. The van der Waals surface area contributed by atoms with E-state index in [1.54, 1.807) is 6.92 Å². The van der Waals surface area contributed by atoms with Crippen molar-refractivity contribution in [3.63, 3.8) is 0 Å². The Morgan fingerprint density at radius 3 is 2.18 bits per heavy atom. The second-order valence-corrected chi connectivity index (χ2v) is 5.18. The maximum absolute atomic E-state index is 11.7. The number of aliphatic carboxylic acids is 1. The molecule has 1 aliphatic heterocycles. The summed E-state index contributed by atoms with van der Waals surface area (Å²) in [5.41, 5.74) is 0. The quantitative estimate of drug-likeness (QED) is 0.738. The number of rotatable bonds is 5. The van der Waals surface area contributed by atoms with E-state index in [9.17, 15) is 9.59 Å². The summed E-state index contributed by atoms with van der Waals surface area (Å²) in [7, 11) is 0. The van der Waals surface area contributed by atoms with Gasteiger partial charge in [-0.15, -0.1) is 0 Å². The van der Waals surface area contributed by atoms with Gasteiger partial charge >= 0.3 is 5.97 Å². The number of nitrogens with zero attached hydrogens (tertiary/aromatic N) is 1. The van der Waals surface area contributed by atoms with E-state index in [0.29, 0.717) is 13.1 Å². The molecule has 0 spiro atoms. The second-order valence-electron chi connectivity index (χ2n) is 5.18. The maximum Gasteiger partial charge on any atom is 0.306 e. The van der Waals surface area contributed by atoms with Gasteiger partial charge in [-0.05, 0) is 26.7 Å². The minimum atomic E-state index is -0.756. The van der Waals surface area contributed by atoms with Crippen LogP contribution in [0.1, 0.15) is 27.7 Å². The van der Waals surface area contributed by atoms with Crippen LogP contribution in [0.4, 0.5) is 0 Å². The summed E-state index contributed by atoms with van der Waals surface area (Å²) in [6.07, 6.45) is 0. The number of likely N-dealkylation sites (tertiary alicyclic amines) is 1. The minimum Gasteiger partial charge on any atom is -0.481 e. The third kappa shape index (κ3) is 3.43. The lowest BCUT2D eigenvalue weighted by atomic mass is 9.86. The molecule has 1 rings (SSSR count). The van der Waals surface area contributed by atoms with E-state index in [0.717, 1.165) is 0 Å². The average Bonchev–Trinajstić information content (AvgIpc) is 2.13. The van der Waals surface area contributed by atoms with Gasteiger partial charge in [-0.25, -0.2) is 0 Å². The molecule has 0 bridgehead atoms. The highest BCUT2D eigenvalue weighted by molar-refractivity contribution is 5.81. The van der Waals surface area contributed by atoms with Crippen LogP contribution in [0.3, 0.4) is 0 Å². The van der Waals surface area contributed by atoms with E-state index in [-0.39, 0.29) is 29.8 Å². The number of carbonyl (C=O) groups excluding carboxylic acids is 1. The number of carbonyl (C=O) groups is 2. The lowest BCUT2D eigenvalue weighted by molar-refractivity contribution is -0.146. The van der Waals surface area contributed by atoms with Crippen LogP contribution in [0.5, 0.6) is 0 Å². The normalized spacial score (nSPS) is 20.8. The molecule has 0 radical (unpaired) electrons. The van der Waals surface area contributed by atoms with Gasteiger partial charge in [0, 0.05) is 19.1 Å². The summed E-state index contributed by atoms with van der Waals surface area (Å²) in [5, 5.41) is 11.7. The fourth-order valence-corrected chi connectivity index (χ4v) is 1.95. The molecule has 1 amide bonds. The molecular weight excluding hydrogens is 220 g/mol. The first-order valence-corrected chi connectivity index (χ1v) is 6.10. The molecule has 98 valence electrons. The number of carboxylic acid groups (broad SMARTS) is 1. The van der Waals surface area contributed by atoms with Gasteiger partial charge in [-0.3, -0.25) is 14.5 Å². The highest BCUT2D eigenvalue weighted by atomic mass is 16.4. The summed E-state index contributed by atoms with van der Waals surface area (Å²) in [4.78, 5) is 24.5. The SMILES string of the molecule is CC(C)NC(=O)C(C)N1CC(C(C)C(=O)O)C1. The Kier molecular flexibility index (Phi) is 4.51. The van der Waals surface area contributed by atoms with Gasteiger partial charge in [0.15, 0.2) is 0 Å². The number of nitrogens with one attached hydrogen (secondary N) is 1. The van der Waals surface area contributed by atoms with E-state index in [4.69, 9.17) is 5.11 Å². The Bertz CT molecular complexity index is 298. The molecular formula is C12H22N2O3. The van der Waals surface area contributed by atoms with Crippen molar-refractivity contribution < 1.29 is 14.7 Å². The maximum atomic E-state index is 11.7. The Labute approximate surface area is 102 Å². The standard InChI is InChI=1S/C12H22N2O3/c1-7(2)13-11(15)9(4)14-5-10(6-14)8(3)12(16)17/h7-10H,5-6H2,1-4H3,(H,13,15)(H,16,17). The molecule has 1 fully saturated rings. The van der Waals surface area contributed by atoms with Crippen molar-refractivity contribution in [2.45, 2.75) is 39.8 Å². The molecule has 2 atom stereocenters. The van der Waals surface area contributed by atoms with Crippen molar-refractivity contribution in [2.24, 2.45) is 11.8 Å². The van der Waals surface area contributed by atoms with Gasteiger partial charge in [0.1, 0.15) is 0 Å². The van der Waals surface area contributed by atoms with Gasteiger partial charge in [0.05, 0.1) is 12.0 Å². The lowest BCUT2D eigenvalue weighted by Crippen LogP contribution is -2.58. The largest absolute Gasteiger partial charge is 0.481 e. The van der Waals surface area contributed by atoms with E-state index in [1.165, 1.54) is 0 Å². The van der Waals surface area contributed by atoms with Gasteiger partial charge in [0.25, 0.3) is 0 Å². The molecule has 1 saturated heterocycles. The van der Waals surface area contributed by atoms with Crippen LogP contribution in [0.25, 0.3) is 0 Å². The van der Waals surface area contributed by atoms with Crippen LogP contribution in [0, 0.1) is 11.8 Å². The zero-order valence-corrected chi connectivity index (χ0v) is 10.9. The highest BCUT2D eigenvalue weighted by Gasteiger charge is 2.38. The first-order chi connectivity index (χ1) is 7.82. The lowest BCUT2D eigenvalue weighted by Gasteiger charge is -2.44. The van der Waals surface area contributed by atoms with Crippen molar-refractivity contribution in [3.8, 4) is 0 Å². The monoisotopic (exact) mass is 242 g/mol. The number of hydrogen-bond acceptors (Lipinski definition) is 3. The van der Waals surface area contributed by atoms with Gasteiger partial charge in [-0.1, -0.05) is 6.92 Å². The van der Waals surface area contributed by atoms with E-state index < -0.39 is 5.97 Å². The minimum absolute atomic E-state index is 0.0152. The van der Waals surface area contributed by atoms with Crippen LogP contribution in [0.15, 0.2) is 0 Å². The smallest absolute Gasteiger partial charge is 0.306 e. The zero-order valence-electron chi connectivity index (χ0n) is 10.9. The average molecular weight is 242 g/mol. The van der Waals surface area contributed by atoms with Gasteiger partial charge < -0.3 is 10.4 Å². The van der Waals surface area contributed by atoms with Crippen molar-refractivity contribution in [1.29, 1.82) is 0 Å². The molecule has 0 aromatic rings. The number of hydrogen-bond donors (Lipinski definition) is 2. The van der Waals surface area contributed by atoms with Crippen molar-refractivity contribution in [2.75, 3.05) is 13.1 Å². The molecule has 0 saturated carbocycles. The summed E-state index contributed by atoms with van der Waals surface area (Å²) >= 11 is 0. The fourth-order valence-electron chi connectivity index (χ4n) is 1.95. The van der Waals surface area contributed by atoms with Crippen molar-refractivity contribution in [3.05, 3.63) is 0 Å².